The van der Waals surface area contributed by atoms with Crippen molar-refractivity contribution in [1.82, 2.24) is 0 Å². The maximum Gasteiger partial charge on any atom is 0.138 e. The highest BCUT2D eigenvalue weighted by Crippen LogP contribution is 2.44. The summed E-state index contributed by atoms with van der Waals surface area (Å²) in [5.74, 6) is 0.761. The van der Waals surface area contributed by atoms with Crippen LogP contribution in [0.4, 0.5) is 0 Å². The van der Waals surface area contributed by atoms with E-state index >= 15 is 0 Å². The van der Waals surface area contributed by atoms with Gasteiger partial charge in [0.2, 0.25) is 0 Å². The summed E-state index contributed by atoms with van der Waals surface area (Å²) in [6.07, 6.45) is 5.79. The van der Waals surface area contributed by atoms with Crippen LogP contribution in [0, 0.1) is 0 Å². The molecule has 1 heterocycles. The van der Waals surface area contributed by atoms with Gasteiger partial charge in [0.15, 0.2) is 0 Å². The molecular formula is C16H22ClNO2. The summed E-state index contributed by atoms with van der Waals surface area (Å²) in [5.41, 5.74) is 7.35. The molecule has 4 heteroatoms. The third-order valence-corrected chi connectivity index (χ3v) is 4.95. The summed E-state index contributed by atoms with van der Waals surface area (Å²) in [7, 11) is 0. The van der Waals surface area contributed by atoms with Crippen LogP contribution in [-0.2, 0) is 10.2 Å². The van der Waals surface area contributed by atoms with Crippen LogP contribution in [0.25, 0.3) is 0 Å². The number of rotatable bonds is 4. The summed E-state index contributed by atoms with van der Waals surface area (Å²) in [6, 6.07) is 6.14. The summed E-state index contributed by atoms with van der Waals surface area (Å²) < 4.78 is 11.4. The summed E-state index contributed by atoms with van der Waals surface area (Å²) in [5, 5.41) is 0.688. The highest BCUT2D eigenvalue weighted by molar-refractivity contribution is 6.32. The van der Waals surface area contributed by atoms with Crippen LogP contribution in [0.15, 0.2) is 18.2 Å². The van der Waals surface area contributed by atoms with E-state index in [4.69, 9.17) is 26.8 Å². The van der Waals surface area contributed by atoms with Crippen molar-refractivity contribution in [2.45, 2.75) is 43.6 Å². The van der Waals surface area contributed by atoms with Crippen LogP contribution >= 0.6 is 11.6 Å². The molecular weight excluding hydrogens is 274 g/mol. The van der Waals surface area contributed by atoms with E-state index in [1.807, 2.05) is 12.1 Å². The Balaban J connectivity index is 1.73. The molecule has 1 aliphatic carbocycles. The Morgan fingerprint density at radius 3 is 2.75 bits per heavy atom. The van der Waals surface area contributed by atoms with Gasteiger partial charge in [0.1, 0.15) is 11.9 Å². The Labute approximate surface area is 125 Å². The maximum absolute atomic E-state index is 6.39. The van der Waals surface area contributed by atoms with Crippen molar-refractivity contribution in [3.8, 4) is 5.75 Å². The SMILES string of the molecule is NCC1(c2ccc(OC3CCCOC3)c(Cl)c2)CCC1. The van der Waals surface area contributed by atoms with Crippen molar-refractivity contribution in [3.05, 3.63) is 28.8 Å². The van der Waals surface area contributed by atoms with E-state index in [-0.39, 0.29) is 11.5 Å². The summed E-state index contributed by atoms with van der Waals surface area (Å²) in [4.78, 5) is 0. The van der Waals surface area contributed by atoms with Crippen LogP contribution in [0.3, 0.4) is 0 Å². The minimum absolute atomic E-state index is 0.124. The third-order valence-electron chi connectivity index (χ3n) is 4.66. The van der Waals surface area contributed by atoms with E-state index in [9.17, 15) is 0 Å². The van der Waals surface area contributed by atoms with Gasteiger partial charge >= 0.3 is 0 Å². The Hall–Kier alpha value is -0.770. The summed E-state index contributed by atoms with van der Waals surface area (Å²) >= 11 is 6.39. The minimum Gasteiger partial charge on any atom is -0.486 e. The van der Waals surface area contributed by atoms with Crippen molar-refractivity contribution in [2.75, 3.05) is 19.8 Å². The predicted molar refractivity (Wildman–Crippen MR) is 80.5 cm³/mol. The zero-order chi connectivity index (χ0) is 14.0. The highest BCUT2D eigenvalue weighted by Gasteiger charge is 2.37. The van der Waals surface area contributed by atoms with Crippen LogP contribution in [0.5, 0.6) is 5.75 Å². The second kappa shape index (κ2) is 5.92. The molecule has 0 amide bonds. The van der Waals surface area contributed by atoms with Gasteiger partial charge in [0.05, 0.1) is 11.6 Å². The molecule has 1 aliphatic heterocycles. The van der Waals surface area contributed by atoms with Gasteiger partial charge < -0.3 is 15.2 Å². The number of hydrogen-bond acceptors (Lipinski definition) is 3. The zero-order valence-corrected chi connectivity index (χ0v) is 12.5. The Morgan fingerprint density at radius 1 is 1.35 bits per heavy atom. The molecule has 3 rings (SSSR count). The molecule has 2 aliphatic rings. The predicted octanol–water partition coefficient (Wildman–Crippen LogP) is 3.28. The van der Waals surface area contributed by atoms with E-state index in [0.29, 0.717) is 18.2 Å². The minimum atomic E-state index is 0.124. The molecule has 1 aromatic rings. The molecule has 0 bridgehead atoms. The van der Waals surface area contributed by atoms with Gasteiger partial charge in [0.25, 0.3) is 0 Å². The van der Waals surface area contributed by atoms with Crippen molar-refractivity contribution < 1.29 is 9.47 Å². The molecule has 0 aromatic heterocycles. The fraction of sp³-hybridized carbons (Fsp3) is 0.625. The standard InChI is InChI=1S/C16H22ClNO2/c17-14-9-12(16(11-18)6-2-7-16)4-5-15(14)20-13-3-1-8-19-10-13/h4-5,9,13H,1-3,6-8,10-11,18H2. The van der Waals surface area contributed by atoms with Crippen LogP contribution in [-0.4, -0.2) is 25.9 Å². The molecule has 3 nitrogen and oxygen atoms in total. The fourth-order valence-electron chi connectivity index (χ4n) is 3.12. The lowest BCUT2D eigenvalue weighted by Gasteiger charge is -2.41. The zero-order valence-electron chi connectivity index (χ0n) is 11.7. The van der Waals surface area contributed by atoms with Crippen molar-refractivity contribution in [2.24, 2.45) is 5.73 Å². The van der Waals surface area contributed by atoms with Crippen molar-refractivity contribution >= 4 is 11.6 Å². The largest absolute Gasteiger partial charge is 0.486 e. The molecule has 0 radical (unpaired) electrons. The molecule has 1 atom stereocenters. The first-order valence-corrected chi connectivity index (χ1v) is 7.86. The van der Waals surface area contributed by atoms with E-state index in [0.717, 1.165) is 38.0 Å². The topological polar surface area (TPSA) is 44.5 Å². The first-order chi connectivity index (χ1) is 9.73. The number of benzene rings is 1. The van der Waals surface area contributed by atoms with Crippen molar-refractivity contribution in [3.63, 3.8) is 0 Å². The normalized spacial score (nSPS) is 25.0. The van der Waals surface area contributed by atoms with Crippen molar-refractivity contribution in [1.29, 1.82) is 0 Å². The first kappa shape index (κ1) is 14.2. The van der Waals surface area contributed by atoms with Crippen LogP contribution < -0.4 is 10.5 Å². The summed E-state index contributed by atoms with van der Waals surface area (Å²) in [6.45, 7) is 2.19. The molecule has 20 heavy (non-hydrogen) atoms. The molecule has 1 unspecified atom stereocenters. The van der Waals surface area contributed by atoms with Gasteiger partial charge in [0, 0.05) is 18.6 Å². The fourth-order valence-corrected chi connectivity index (χ4v) is 3.35. The smallest absolute Gasteiger partial charge is 0.138 e. The average molecular weight is 296 g/mol. The van der Waals surface area contributed by atoms with E-state index in [1.54, 1.807) is 0 Å². The monoisotopic (exact) mass is 295 g/mol. The number of halogens is 1. The van der Waals surface area contributed by atoms with Gasteiger partial charge in [-0.3, -0.25) is 0 Å². The van der Waals surface area contributed by atoms with Gasteiger partial charge in [-0.1, -0.05) is 24.1 Å². The molecule has 1 saturated heterocycles. The first-order valence-electron chi connectivity index (χ1n) is 7.48. The van der Waals surface area contributed by atoms with Gasteiger partial charge in [-0.05, 0) is 43.4 Å². The van der Waals surface area contributed by atoms with Crippen LogP contribution in [0.2, 0.25) is 5.02 Å². The average Bonchev–Trinajstić information content (AvgIpc) is 2.42. The molecule has 2 fully saturated rings. The Morgan fingerprint density at radius 2 is 2.20 bits per heavy atom. The third kappa shape index (κ3) is 2.67. The second-order valence-corrected chi connectivity index (χ2v) is 6.35. The lowest BCUT2D eigenvalue weighted by atomic mass is 9.64. The maximum atomic E-state index is 6.39. The van der Waals surface area contributed by atoms with E-state index in [1.165, 1.54) is 12.0 Å². The van der Waals surface area contributed by atoms with Crippen LogP contribution in [0.1, 0.15) is 37.7 Å². The number of nitrogens with two attached hydrogens (primary N) is 1. The molecule has 110 valence electrons. The van der Waals surface area contributed by atoms with E-state index in [2.05, 4.69) is 6.07 Å². The second-order valence-electron chi connectivity index (χ2n) is 5.94. The Bertz CT molecular complexity index is 462. The lowest BCUT2D eigenvalue weighted by molar-refractivity contribution is 0.00745. The van der Waals surface area contributed by atoms with E-state index < -0.39 is 0 Å². The number of ether oxygens (including phenoxy) is 2. The molecule has 2 N–H and O–H groups in total. The highest BCUT2D eigenvalue weighted by atomic mass is 35.5. The van der Waals surface area contributed by atoms with Gasteiger partial charge in [-0.2, -0.15) is 0 Å². The number of hydrogen-bond donors (Lipinski definition) is 1. The molecule has 0 spiro atoms. The lowest BCUT2D eigenvalue weighted by Crippen LogP contribution is -2.41. The Kier molecular flexibility index (Phi) is 4.20. The molecule has 1 aromatic carbocycles. The molecule has 1 saturated carbocycles. The van der Waals surface area contributed by atoms with Gasteiger partial charge in [-0.15, -0.1) is 0 Å². The quantitative estimate of drug-likeness (QED) is 0.927. The van der Waals surface area contributed by atoms with Gasteiger partial charge in [-0.25, -0.2) is 0 Å².